The second-order valence-electron chi connectivity index (χ2n) is 4.92. The first-order chi connectivity index (χ1) is 10.5. The molecule has 1 aliphatic heterocycles. The molecule has 22 heavy (non-hydrogen) atoms. The van der Waals surface area contributed by atoms with Gasteiger partial charge in [0, 0.05) is 16.7 Å². The zero-order valence-corrected chi connectivity index (χ0v) is 12.2. The number of carbonyl (C=O) groups excluding carboxylic acids is 1. The second kappa shape index (κ2) is 5.38. The van der Waals surface area contributed by atoms with Crippen molar-refractivity contribution in [3.05, 3.63) is 64.8 Å². The van der Waals surface area contributed by atoms with E-state index in [2.05, 4.69) is 5.32 Å². The summed E-state index contributed by atoms with van der Waals surface area (Å²) in [6.45, 7) is 0. The van der Waals surface area contributed by atoms with Crippen LogP contribution in [0, 0.1) is 5.82 Å². The van der Waals surface area contributed by atoms with Crippen molar-refractivity contribution in [1.82, 2.24) is 0 Å². The van der Waals surface area contributed by atoms with Gasteiger partial charge >= 0.3 is 0 Å². The van der Waals surface area contributed by atoms with Gasteiger partial charge in [0.15, 0.2) is 0 Å². The summed E-state index contributed by atoms with van der Waals surface area (Å²) in [6.07, 6.45) is 1.55. The highest BCUT2D eigenvalue weighted by atomic mass is 32.2. The van der Waals surface area contributed by atoms with Gasteiger partial charge in [-0.2, -0.15) is 0 Å². The van der Waals surface area contributed by atoms with Gasteiger partial charge in [0.25, 0.3) is 0 Å². The lowest BCUT2D eigenvalue weighted by Gasteiger charge is -2.09. The second-order valence-corrected chi connectivity index (χ2v) is 6.72. The molecule has 0 aromatic heterocycles. The average Bonchev–Trinajstić information content (AvgIpc) is 2.78. The zero-order chi connectivity index (χ0) is 15.7. The molecule has 0 saturated carbocycles. The Labute approximate surface area is 127 Å². The highest BCUT2D eigenvalue weighted by molar-refractivity contribution is 7.94. The van der Waals surface area contributed by atoms with E-state index in [0.717, 1.165) is 5.41 Å². The van der Waals surface area contributed by atoms with Crippen LogP contribution >= 0.6 is 0 Å². The van der Waals surface area contributed by atoms with Crippen LogP contribution in [0.15, 0.2) is 52.8 Å². The molecule has 0 aliphatic carbocycles. The van der Waals surface area contributed by atoms with Gasteiger partial charge in [-0.05, 0) is 35.9 Å². The van der Waals surface area contributed by atoms with Gasteiger partial charge in [-0.25, -0.2) is 12.8 Å². The molecule has 1 amide bonds. The van der Waals surface area contributed by atoms with Crippen molar-refractivity contribution in [3.8, 4) is 0 Å². The molecule has 2 aromatic rings. The van der Waals surface area contributed by atoms with Crippen LogP contribution in [0.3, 0.4) is 0 Å². The van der Waals surface area contributed by atoms with Crippen LogP contribution in [0.5, 0.6) is 0 Å². The number of anilines is 1. The molecule has 0 saturated heterocycles. The Bertz CT molecular complexity index is 871. The molecule has 112 valence electrons. The summed E-state index contributed by atoms with van der Waals surface area (Å²) in [4.78, 5) is 12.2. The smallest absolute Gasteiger partial charge is 0.228 e. The number of carbonyl (C=O) groups is 1. The average molecular weight is 317 g/mol. The van der Waals surface area contributed by atoms with E-state index in [9.17, 15) is 17.6 Å². The van der Waals surface area contributed by atoms with Gasteiger partial charge in [-0.1, -0.05) is 18.2 Å². The van der Waals surface area contributed by atoms with Crippen LogP contribution in [0.25, 0.3) is 6.08 Å². The van der Waals surface area contributed by atoms with E-state index in [1.165, 1.54) is 36.4 Å². The molecule has 0 radical (unpaired) electrons. The maximum Gasteiger partial charge on any atom is 0.228 e. The molecular weight excluding hydrogens is 305 g/mol. The quantitative estimate of drug-likeness (QED) is 0.947. The third kappa shape index (κ3) is 2.78. The fourth-order valence-electron chi connectivity index (χ4n) is 2.29. The Hall–Kier alpha value is -2.47. The monoisotopic (exact) mass is 317 g/mol. The number of halogens is 1. The van der Waals surface area contributed by atoms with Gasteiger partial charge in [-0.15, -0.1) is 0 Å². The minimum atomic E-state index is -3.40. The molecule has 1 aliphatic rings. The van der Waals surface area contributed by atoms with Crippen molar-refractivity contribution >= 4 is 27.5 Å². The number of rotatable bonds is 3. The molecule has 3 rings (SSSR count). The van der Waals surface area contributed by atoms with E-state index >= 15 is 0 Å². The summed E-state index contributed by atoms with van der Waals surface area (Å²) in [5, 5.41) is 3.81. The van der Waals surface area contributed by atoms with Crippen molar-refractivity contribution in [2.24, 2.45) is 0 Å². The first-order valence-electron chi connectivity index (χ1n) is 6.56. The number of amides is 1. The van der Waals surface area contributed by atoms with Crippen LogP contribution in [0.2, 0.25) is 0 Å². The standard InChI is InChI=1S/C16H12FNO3S/c17-12-6-4-11(5-7-12)10-16(19)18-14-2-1-3-15-13(14)8-9-22(15,20)21/h1-9H,10H2,(H,18,19). The molecule has 0 unspecified atom stereocenters. The van der Waals surface area contributed by atoms with Gasteiger partial charge < -0.3 is 5.32 Å². The maximum absolute atomic E-state index is 12.8. The molecule has 0 atom stereocenters. The van der Waals surface area contributed by atoms with E-state index in [1.54, 1.807) is 12.1 Å². The summed E-state index contributed by atoms with van der Waals surface area (Å²) in [7, 11) is -3.40. The van der Waals surface area contributed by atoms with Crippen molar-refractivity contribution in [2.75, 3.05) is 5.32 Å². The Kier molecular flexibility index (Phi) is 3.54. The fourth-order valence-corrected chi connectivity index (χ4v) is 3.50. The third-order valence-electron chi connectivity index (χ3n) is 3.34. The van der Waals surface area contributed by atoms with Crippen molar-refractivity contribution in [2.45, 2.75) is 11.3 Å². The number of nitrogens with one attached hydrogen (secondary N) is 1. The topological polar surface area (TPSA) is 63.2 Å². The van der Waals surface area contributed by atoms with Gasteiger partial charge in [0.05, 0.1) is 11.3 Å². The lowest BCUT2D eigenvalue weighted by molar-refractivity contribution is -0.115. The van der Waals surface area contributed by atoms with Crippen LogP contribution in [-0.2, 0) is 21.1 Å². The Morgan fingerprint density at radius 2 is 1.82 bits per heavy atom. The number of fused-ring (bicyclic) bond motifs is 1. The molecule has 0 bridgehead atoms. The van der Waals surface area contributed by atoms with E-state index < -0.39 is 9.84 Å². The summed E-state index contributed by atoms with van der Waals surface area (Å²) < 4.78 is 36.4. The van der Waals surface area contributed by atoms with Crippen LogP contribution in [0.4, 0.5) is 10.1 Å². The summed E-state index contributed by atoms with van der Waals surface area (Å²) in [6, 6.07) is 10.4. The highest BCUT2D eigenvalue weighted by Crippen LogP contribution is 2.32. The maximum atomic E-state index is 12.8. The fraction of sp³-hybridized carbons (Fsp3) is 0.0625. The summed E-state index contributed by atoms with van der Waals surface area (Å²) >= 11 is 0. The first kappa shape index (κ1) is 14.5. The molecule has 4 nitrogen and oxygen atoms in total. The van der Waals surface area contributed by atoms with Gasteiger partial charge in [-0.3, -0.25) is 4.79 Å². The van der Waals surface area contributed by atoms with Crippen molar-refractivity contribution in [3.63, 3.8) is 0 Å². The molecule has 0 spiro atoms. The third-order valence-corrected chi connectivity index (χ3v) is 4.80. The molecule has 6 heteroatoms. The minimum Gasteiger partial charge on any atom is -0.325 e. The van der Waals surface area contributed by atoms with E-state index in [-0.39, 0.29) is 23.0 Å². The summed E-state index contributed by atoms with van der Waals surface area (Å²) in [5.74, 6) is -0.655. The van der Waals surface area contributed by atoms with Crippen LogP contribution < -0.4 is 5.32 Å². The number of hydrogen-bond acceptors (Lipinski definition) is 3. The lowest BCUT2D eigenvalue weighted by Crippen LogP contribution is -2.15. The van der Waals surface area contributed by atoms with Gasteiger partial charge in [0.2, 0.25) is 15.7 Å². The van der Waals surface area contributed by atoms with Crippen molar-refractivity contribution < 1.29 is 17.6 Å². The largest absolute Gasteiger partial charge is 0.325 e. The number of hydrogen-bond donors (Lipinski definition) is 1. The predicted molar refractivity (Wildman–Crippen MR) is 81.4 cm³/mol. The molecule has 2 aromatic carbocycles. The lowest BCUT2D eigenvalue weighted by atomic mass is 10.1. The zero-order valence-electron chi connectivity index (χ0n) is 11.4. The SMILES string of the molecule is O=C(Cc1ccc(F)cc1)Nc1cccc2c1C=CS2(=O)=O. The number of sulfone groups is 1. The van der Waals surface area contributed by atoms with E-state index in [1.807, 2.05) is 0 Å². The van der Waals surface area contributed by atoms with E-state index in [0.29, 0.717) is 16.8 Å². The van der Waals surface area contributed by atoms with Crippen LogP contribution in [0.1, 0.15) is 11.1 Å². The van der Waals surface area contributed by atoms with Gasteiger partial charge in [0.1, 0.15) is 5.82 Å². The summed E-state index contributed by atoms with van der Waals surface area (Å²) in [5.41, 5.74) is 1.60. The molecule has 1 N–H and O–H groups in total. The Balaban J connectivity index is 1.80. The Morgan fingerprint density at radius 1 is 1.09 bits per heavy atom. The molecule has 1 heterocycles. The Morgan fingerprint density at radius 3 is 2.55 bits per heavy atom. The van der Waals surface area contributed by atoms with E-state index in [4.69, 9.17) is 0 Å². The molecule has 0 fully saturated rings. The first-order valence-corrected chi connectivity index (χ1v) is 8.11. The number of benzene rings is 2. The molecular formula is C16H12FNO3S. The minimum absolute atomic E-state index is 0.0837. The predicted octanol–water partition coefficient (Wildman–Crippen LogP) is 2.76. The van der Waals surface area contributed by atoms with Crippen molar-refractivity contribution in [1.29, 1.82) is 0 Å². The highest BCUT2D eigenvalue weighted by Gasteiger charge is 2.23. The normalized spacial score (nSPS) is 14.6. The van der Waals surface area contributed by atoms with Crippen LogP contribution in [-0.4, -0.2) is 14.3 Å².